The van der Waals surface area contributed by atoms with Crippen LogP contribution in [0.4, 0.5) is 21.5 Å². The van der Waals surface area contributed by atoms with Crippen LogP contribution in [0.25, 0.3) is 0 Å². The van der Waals surface area contributed by atoms with Crippen molar-refractivity contribution in [1.29, 1.82) is 0 Å². The zero-order valence-corrected chi connectivity index (χ0v) is 11.2. The second-order valence-corrected chi connectivity index (χ2v) is 4.39. The van der Waals surface area contributed by atoms with Crippen LogP contribution in [-0.4, -0.2) is 13.1 Å². The highest BCUT2D eigenvalue weighted by Crippen LogP contribution is 2.25. The lowest BCUT2D eigenvalue weighted by atomic mass is 10.1. The van der Waals surface area contributed by atoms with Gasteiger partial charge in [0.05, 0.1) is 18.4 Å². The standard InChI is InChI=1S/C15H15FN2O2/c1-9-3-5-11(8-13(9)16)18-14-6-4-10(17)7-12(14)15(19)20-2/h3-8,18H,17H2,1-2H3. The summed E-state index contributed by atoms with van der Waals surface area (Å²) in [6.45, 7) is 1.68. The van der Waals surface area contributed by atoms with Crippen LogP contribution in [0.15, 0.2) is 36.4 Å². The van der Waals surface area contributed by atoms with Crippen molar-refractivity contribution in [2.24, 2.45) is 0 Å². The quantitative estimate of drug-likeness (QED) is 0.666. The zero-order chi connectivity index (χ0) is 14.7. The first kappa shape index (κ1) is 13.9. The molecule has 0 unspecified atom stereocenters. The van der Waals surface area contributed by atoms with Crippen molar-refractivity contribution < 1.29 is 13.9 Å². The number of nitrogen functional groups attached to an aromatic ring is 1. The van der Waals surface area contributed by atoms with Crippen LogP contribution < -0.4 is 11.1 Å². The van der Waals surface area contributed by atoms with Gasteiger partial charge in [-0.15, -0.1) is 0 Å². The topological polar surface area (TPSA) is 64.3 Å². The summed E-state index contributed by atoms with van der Waals surface area (Å²) in [6.07, 6.45) is 0. The predicted octanol–water partition coefficient (Wildman–Crippen LogP) is 3.25. The summed E-state index contributed by atoms with van der Waals surface area (Å²) in [5, 5.41) is 2.99. The number of carbonyl (C=O) groups excluding carboxylic acids is 1. The van der Waals surface area contributed by atoms with Crippen molar-refractivity contribution in [3.8, 4) is 0 Å². The van der Waals surface area contributed by atoms with E-state index in [4.69, 9.17) is 10.5 Å². The van der Waals surface area contributed by atoms with E-state index in [0.717, 1.165) is 0 Å². The fourth-order valence-corrected chi connectivity index (χ4v) is 1.78. The number of hydrogen-bond donors (Lipinski definition) is 2. The average molecular weight is 274 g/mol. The van der Waals surface area contributed by atoms with Gasteiger partial charge in [0.2, 0.25) is 0 Å². The second kappa shape index (κ2) is 5.61. The number of methoxy groups -OCH3 is 1. The normalized spacial score (nSPS) is 10.2. The summed E-state index contributed by atoms with van der Waals surface area (Å²) in [7, 11) is 1.29. The summed E-state index contributed by atoms with van der Waals surface area (Å²) in [5.74, 6) is -0.822. The number of ether oxygens (including phenoxy) is 1. The molecule has 0 bridgehead atoms. The number of carbonyl (C=O) groups is 1. The van der Waals surface area contributed by atoms with Gasteiger partial charge >= 0.3 is 5.97 Å². The van der Waals surface area contributed by atoms with Gasteiger partial charge in [-0.05, 0) is 42.8 Å². The van der Waals surface area contributed by atoms with Crippen molar-refractivity contribution >= 4 is 23.0 Å². The van der Waals surface area contributed by atoms with Gasteiger partial charge in [-0.1, -0.05) is 6.07 Å². The molecule has 20 heavy (non-hydrogen) atoms. The Bertz CT molecular complexity index is 656. The van der Waals surface area contributed by atoms with Gasteiger partial charge in [-0.25, -0.2) is 9.18 Å². The van der Waals surface area contributed by atoms with Crippen LogP contribution in [0, 0.1) is 12.7 Å². The Labute approximate surface area is 116 Å². The number of aryl methyl sites for hydroxylation is 1. The van der Waals surface area contributed by atoms with Gasteiger partial charge < -0.3 is 15.8 Å². The lowest BCUT2D eigenvalue weighted by Gasteiger charge is -2.12. The van der Waals surface area contributed by atoms with E-state index in [-0.39, 0.29) is 5.82 Å². The minimum absolute atomic E-state index is 0.300. The maximum Gasteiger partial charge on any atom is 0.340 e. The molecule has 0 aliphatic heterocycles. The average Bonchev–Trinajstić information content (AvgIpc) is 2.44. The summed E-state index contributed by atoms with van der Waals surface area (Å²) < 4.78 is 18.2. The molecule has 3 N–H and O–H groups in total. The van der Waals surface area contributed by atoms with Crippen molar-refractivity contribution in [3.05, 3.63) is 53.3 Å². The third kappa shape index (κ3) is 2.88. The van der Waals surface area contributed by atoms with Crippen LogP contribution in [-0.2, 0) is 4.74 Å². The molecular weight excluding hydrogens is 259 g/mol. The SMILES string of the molecule is COC(=O)c1cc(N)ccc1Nc1ccc(C)c(F)c1. The van der Waals surface area contributed by atoms with Gasteiger partial charge in [0, 0.05) is 11.4 Å². The van der Waals surface area contributed by atoms with E-state index in [0.29, 0.717) is 28.2 Å². The molecule has 0 aliphatic carbocycles. The van der Waals surface area contributed by atoms with E-state index in [9.17, 15) is 9.18 Å². The minimum atomic E-state index is -0.507. The van der Waals surface area contributed by atoms with Crippen LogP contribution in [0.3, 0.4) is 0 Å². The van der Waals surface area contributed by atoms with Gasteiger partial charge in [-0.2, -0.15) is 0 Å². The number of nitrogens with two attached hydrogens (primary N) is 1. The van der Waals surface area contributed by atoms with E-state index in [1.165, 1.54) is 19.2 Å². The number of rotatable bonds is 3. The zero-order valence-electron chi connectivity index (χ0n) is 11.2. The van der Waals surface area contributed by atoms with Crippen molar-refractivity contribution in [2.75, 3.05) is 18.2 Å². The fourth-order valence-electron chi connectivity index (χ4n) is 1.78. The Morgan fingerprint density at radius 2 is 2.00 bits per heavy atom. The molecule has 0 saturated carbocycles. The summed E-state index contributed by atoms with van der Waals surface area (Å²) in [5.41, 5.74) is 8.02. The van der Waals surface area contributed by atoms with Gasteiger partial charge in [0.25, 0.3) is 0 Å². The number of benzene rings is 2. The number of hydrogen-bond acceptors (Lipinski definition) is 4. The fraction of sp³-hybridized carbons (Fsp3) is 0.133. The molecule has 104 valence electrons. The lowest BCUT2D eigenvalue weighted by Crippen LogP contribution is -2.06. The Balaban J connectivity index is 2.37. The monoisotopic (exact) mass is 274 g/mol. The van der Waals surface area contributed by atoms with Gasteiger partial charge in [-0.3, -0.25) is 0 Å². The summed E-state index contributed by atoms with van der Waals surface area (Å²) in [4.78, 5) is 11.7. The largest absolute Gasteiger partial charge is 0.465 e. The molecule has 2 aromatic rings. The van der Waals surface area contributed by atoms with E-state index >= 15 is 0 Å². The highest BCUT2D eigenvalue weighted by atomic mass is 19.1. The Kier molecular flexibility index (Phi) is 3.89. The predicted molar refractivity (Wildman–Crippen MR) is 76.6 cm³/mol. The third-order valence-electron chi connectivity index (χ3n) is 2.90. The molecule has 0 aliphatic rings. The molecule has 0 heterocycles. The van der Waals surface area contributed by atoms with E-state index in [1.54, 1.807) is 31.2 Å². The van der Waals surface area contributed by atoms with Crippen LogP contribution >= 0.6 is 0 Å². The van der Waals surface area contributed by atoms with Crippen LogP contribution in [0.2, 0.25) is 0 Å². The van der Waals surface area contributed by atoms with E-state index in [2.05, 4.69) is 5.32 Å². The first-order valence-electron chi connectivity index (χ1n) is 6.02. The smallest absolute Gasteiger partial charge is 0.340 e. The molecule has 0 spiro atoms. The maximum atomic E-state index is 13.5. The Morgan fingerprint density at radius 3 is 2.65 bits per heavy atom. The molecule has 5 heteroatoms. The molecule has 2 aromatic carbocycles. The van der Waals surface area contributed by atoms with Crippen molar-refractivity contribution in [3.63, 3.8) is 0 Å². The third-order valence-corrected chi connectivity index (χ3v) is 2.90. The van der Waals surface area contributed by atoms with Crippen LogP contribution in [0.5, 0.6) is 0 Å². The van der Waals surface area contributed by atoms with Crippen molar-refractivity contribution in [1.82, 2.24) is 0 Å². The maximum absolute atomic E-state index is 13.5. The Hall–Kier alpha value is -2.56. The first-order valence-corrected chi connectivity index (χ1v) is 6.02. The molecular formula is C15H15FN2O2. The molecule has 0 amide bonds. The van der Waals surface area contributed by atoms with Crippen LogP contribution in [0.1, 0.15) is 15.9 Å². The molecule has 2 rings (SSSR count). The number of nitrogens with one attached hydrogen (secondary N) is 1. The highest BCUT2D eigenvalue weighted by molar-refractivity contribution is 5.97. The minimum Gasteiger partial charge on any atom is -0.465 e. The lowest BCUT2D eigenvalue weighted by molar-refractivity contribution is 0.0602. The van der Waals surface area contributed by atoms with Gasteiger partial charge in [0.15, 0.2) is 0 Å². The molecule has 4 nitrogen and oxygen atoms in total. The number of anilines is 3. The molecule has 0 fully saturated rings. The summed E-state index contributed by atoms with van der Waals surface area (Å²) >= 11 is 0. The molecule has 0 aromatic heterocycles. The molecule has 0 saturated heterocycles. The van der Waals surface area contributed by atoms with E-state index < -0.39 is 5.97 Å². The highest BCUT2D eigenvalue weighted by Gasteiger charge is 2.12. The Morgan fingerprint density at radius 1 is 1.25 bits per heavy atom. The first-order chi connectivity index (χ1) is 9.51. The van der Waals surface area contributed by atoms with E-state index in [1.807, 2.05) is 0 Å². The number of esters is 1. The van der Waals surface area contributed by atoms with Crippen molar-refractivity contribution in [2.45, 2.75) is 6.92 Å². The molecule has 0 atom stereocenters. The summed E-state index contributed by atoms with van der Waals surface area (Å²) in [6, 6.07) is 9.58. The second-order valence-electron chi connectivity index (χ2n) is 4.39. The molecule has 0 radical (unpaired) electrons. The number of halogens is 1. The van der Waals surface area contributed by atoms with Gasteiger partial charge in [0.1, 0.15) is 5.82 Å².